The summed E-state index contributed by atoms with van der Waals surface area (Å²) in [7, 11) is 0. The maximum Gasteiger partial charge on any atom is 0.407 e. The van der Waals surface area contributed by atoms with Crippen molar-refractivity contribution in [1.82, 2.24) is 35.6 Å². The highest BCUT2D eigenvalue weighted by Crippen LogP contribution is 2.28. The standard InChI is InChI=1S/C30H32F2N8O6/c31-19-11-22-23(14-36-26(22)35-13-19)27-37-15-24(32)28(40-27)38-20-2-1-3-21(12-20)39-29(42)25-10-18(4-5-33-25)16-46-30(43)34-6-7-44-8-9-45-17-41/h4-5,10-11,13-15,17,20-21H,1-3,6-9,12,16H2,(H,34,43)(H,35,36)(H,39,42)(H,37,38,40)/t20-,21+/m1/s1. The summed E-state index contributed by atoms with van der Waals surface area (Å²) in [5.41, 5.74) is 1.69. The molecule has 0 radical (unpaired) electrons. The third kappa shape index (κ3) is 8.68. The van der Waals surface area contributed by atoms with Crippen LogP contribution < -0.4 is 16.0 Å². The summed E-state index contributed by atoms with van der Waals surface area (Å²) >= 11 is 0. The second-order valence-corrected chi connectivity index (χ2v) is 10.5. The monoisotopic (exact) mass is 638 g/mol. The third-order valence-electron chi connectivity index (χ3n) is 7.19. The Morgan fingerprint density at radius 3 is 2.80 bits per heavy atom. The number of carbonyl (C=O) groups is 3. The number of pyridine rings is 2. The number of aromatic nitrogens is 5. The fourth-order valence-electron chi connectivity index (χ4n) is 5.04. The van der Waals surface area contributed by atoms with Crippen LogP contribution in [0.25, 0.3) is 22.4 Å². The van der Waals surface area contributed by atoms with Gasteiger partial charge in [0.25, 0.3) is 12.4 Å². The molecular formula is C30H32F2N8O6. The van der Waals surface area contributed by atoms with Gasteiger partial charge in [0.1, 0.15) is 30.4 Å². The molecule has 1 aliphatic rings. The molecule has 1 saturated carbocycles. The van der Waals surface area contributed by atoms with E-state index in [1.807, 2.05) is 0 Å². The molecule has 0 spiro atoms. The minimum absolute atomic E-state index is 0.0100. The van der Waals surface area contributed by atoms with Crippen molar-refractivity contribution in [1.29, 1.82) is 0 Å². The molecule has 14 nitrogen and oxygen atoms in total. The summed E-state index contributed by atoms with van der Waals surface area (Å²) < 4.78 is 43.4. The maximum absolute atomic E-state index is 14.8. The number of fused-ring (bicyclic) bond motifs is 1. The molecule has 46 heavy (non-hydrogen) atoms. The van der Waals surface area contributed by atoms with Crippen molar-refractivity contribution in [2.45, 2.75) is 44.4 Å². The zero-order chi connectivity index (χ0) is 32.3. The number of ether oxygens (including phenoxy) is 3. The van der Waals surface area contributed by atoms with Crippen LogP contribution in [-0.4, -0.2) is 81.8 Å². The van der Waals surface area contributed by atoms with Crippen LogP contribution in [-0.2, 0) is 25.6 Å². The van der Waals surface area contributed by atoms with Gasteiger partial charge in [0.15, 0.2) is 17.5 Å². The second kappa shape index (κ2) is 15.7. The average molecular weight is 639 g/mol. The first kappa shape index (κ1) is 32.2. The van der Waals surface area contributed by atoms with Gasteiger partial charge < -0.3 is 35.1 Å². The van der Waals surface area contributed by atoms with E-state index in [2.05, 4.69) is 45.6 Å². The largest absolute Gasteiger partial charge is 0.465 e. The molecule has 0 saturated heterocycles. The molecule has 4 N–H and O–H groups in total. The number of alkyl carbamates (subject to hydrolysis) is 1. The summed E-state index contributed by atoms with van der Waals surface area (Å²) in [5, 5.41) is 9.15. The van der Waals surface area contributed by atoms with Crippen LogP contribution in [0.5, 0.6) is 0 Å². The van der Waals surface area contributed by atoms with Crippen molar-refractivity contribution < 1.29 is 37.4 Å². The Morgan fingerprint density at radius 1 is 1.07 bits per heavy atom. The molecule has 4 aromatic rings. The van der Waals surface area contributed by atoms with Crippen LogP contribution in [0.3, 0.4) is 0 Å². The van der Waals surface area contributed by atoms with Gasteiger partial charge in [-0.15, -0.1) is 0 Å². The Kier molecular flexibility index (Phi) is 10.9. The molecule has 242 valence electrons. The van der Waals surface area contributed by atoms with Crippen LogP contribution in [0.4, 0.5) is 19.4 Å². The third-order valence-corrected chi connectivity index (χ3v) is 7.19. The number of carbonyl (C=O) groups excluding carboxylic acids is 3. The van der Waals surface area contributed by atoms with Crippen LogP contribution in [0.2, 0.25) is 0 Å². The van der Waals surface area contributed by atoms with E-state index in [-0.39, 0.29) is 68.3 Å². The first-order chi connectivity index (χ1) is 22.4. The maximum atomic E-state index is 14.8. The Bertz CT molecular complexity index is 1670. The molecule has 2 atom stereocenters. The minimum Gasteiger partial charge on any atom is -0.465 e. The summed E-state index contributed by atoms with van der Waals surface area (Å²) in [6.07, 6.45) is 7.32. The SMILES string of the molecule is O=COCCOCCNC(=O)OCc1ccnc(C(=O)N[C@H]2CCC[C@@H](Nc3nc(-c4c[nH]c5ncc(F)cc45)ncc3F)C2)c1. The number of nitrogens with one attached hydrogen (secondary N) is 4. The fraction of sp³-hybridized carbons (Fsp3) is 0.367. The Hall–Kier alpha value is -5.25. The molecule has 4 aromatic heterocycles. The fourth-order valence-corrected chi connectivity index (χ4v) is 5.04. The van der Waals surface area contributed by atoms with Crippen molar-refractivity contribution in [3.05, 3.63) is 65.9 Å². The van der Waals surface area contributed by atoms with Crippen molar-refractivity contribution in [3.8, 4) is 11.4 Å². The Morgan fingerprint density at radius 2 is 1.93 bits per heavy atom. The Labute approximate surface area is 261 Å². The number of anilines is 1. The average Bonchev–Trinajstić information content (AvgIpc) is 3.48. The van der Waals surface area contributed by atoms with Gasteiger partial charge in [-0.05, 0) is 49.4 Å². The van der Waals surface area contributed by atoms with Gasteiger partial charge in [0.2, 0.25) is 0 Å². The van der Waals surface area contributed by atoms with Gasteiger partial charge in [0.05, 0.1) is 25.6 Å². The number of halogens is 2. The van der Waals surface area contributed by atoms with E-state index in [9.17, 15) is 23.2 Å². The van der Waals surface area contributed by atoms with Crippen molar-refractivity contribution >= 4 is 35.3 Å². The second-order valence-electron chi connectivity index (χ2n) is 10.5. The van der Waals surface area contributed by atoms with Crippen LogP contribution in [0.15, 0.2) is 43.0 Å². The van der Waals surface area contributed by atoms with Crippen LogP contribution in [0, 0.1) is 11.6 Å². The van der Waals surface area contributed by atoms with E-state index < -0.39 is 17.7 Å². The molecule has 0 unspecified atom stereocenters. The van der Waals surface area contributed by atoms with Crippen molar-refractivity contribution in [2.24, 2.45) is 0 Å². The van der Waals surface area contributed by atoms with Crippen molar-refractivity contribution in [3.63, 3.8) is 0 Å². The number of H-pyrrole nitrogens is 1. The molecule has 0 aromatic carbocycles. The molecular weight excluding hydrogens is 606 g/mol. The van der Waals surface area contributed by atoms with Gasteiger partial charge in [-0.3, -0.25) is 14.6 Å². The van der Waals surface area contributed by atoms with Crippen LogP contribution >= 0.6 is 0 Å². The first-order valence-corrected chi connectivity index (χ1v) is 14.6. The highest BCUT2D eigenvalue weighted by atomic mass is 19.1. The molecule has 0 bridgehead atoms. The summed E-state index contributed by atoms with van der Waals surface area (Å²) in [6, 6.07) is 4.11. The highest BCUT2D eigenvalue weighted by Gasteiger charge is 2.26. The minimum atomic E-state index is -0.657. The zero-order valence-corrected chi connectivity index (χ0v) is 24.6. The lowest BCUT2D eigenvalue weighted by molar-refractivity contribution is -0.130. The lowest BCUT2D eigenvalue weighted by Crippen LogP contribution is -2.42. The number of hydrogen-bond donors (Lipinski definition) is 4. The number of aromatic amines is 1. The van der Waals surface area contributed by atoms with Gasteiger partial charge in [-0.1, -0.05) is 0 Å². The van der Waals surface area contributed by atoms with Gasteiger partial charge >= 0.3 is 6.09 Å². The molecule has 4 heterocycles. The summed E-state index contributed by atoms with van der Waals surface area (Å²) in [4.78, 5) is 54.6. The molecule has 0 aliphatic heterocycles. The quantitative estimate of drug-likeness (QED) is 0.118. The van der Waals surface area contributed by atoms with Crippen LogP contribution in [0.1, 0.15) is 41.7 Å². The predicted octanol–water partition coefficient (Wildman–Crippen LogP) is 3.26. The van der Waals surface area contributed by atoms with Crippen molar-refractivity contribution in [2.75, 3.05) is 31.7 Å². The molecule has 16 heteroatoms. The van der Waals surface area contributed by atoms with Gasteiger partial charge in [-0.2, -0.15) is 0 Å². The molecule has 5 rings (SSSR count). The normalized spacial score (nSPS) is 16.0. The van der Waals surface area contributed by atoms with E-state index in [1.54, 1.807) is 18.3 Å². The summed E-state index contributed by atoms with van der Waals surface area (Å²) in [5.74, 6) is -1.31. The van der Waals surface area contributed by atoms with E-state index in [0.717, 1.165) is 31.7 Å². The number of nitrogens with zero attached hydrogens (tertiary/aromatic N) is 4. The van der Waals surface area contributed by atoms with E-state index in [1.165, 1.54) is 12.3 Å². The first-order valence-electron chi connectivity index (χ1n) is 14.6. The lowest BCUT2D eigenvalue weighted by Gasteiger charge is -2.30. The summed E-state index contributed by atoms with van der Waals surface area (Å²) in [6.45, 7) is 1.02. The smallest absolute Gasteiger partial charge is 0.407 e. The number of rotatable bonds is 14. The number of hydrogen-bond acceptors (Lipinski definition) is 11. The Balaban J connectivity index is 1.11. The zero-order valence-electron chi connectivity index (χ0n) is 24.6. The van der Waals surface area contributed by atoms with Gasteiger partial charge in [0, 0.05) is 42.0 Å². The van der Waals surface area contributed by atoms with Gasteiger partial charge in [-0.25, -0.2) is 28.5 Å². The van der Waals surface area contributed by atoms with E-state index in [0.29, 0.717) is 35.1 Å². The topological polar surface area (TPSA) is 182 Å². The highest BCUT2D eigenvalue weighted by molar-refractivity contribution is 5.93. The van der Waals surface area contributed by atoms with E-state index >= 15 is 0 Å². The predicted molar refractivity (Wildman–Crippen MR) is 159 cm³/mol. The molecule has 1 aliphatic carbocycles. The van der Waals surface area contributed by atoms with E-state index in [4.69, 9.17) is 9.47 Å². The lowest BCUT2D eigenvalue weighted by atomic mass is 9.91. The number of amides is 2. The molecule has 1 fully saturated rings. The molecule has 2 amide bonds.